The lowest BCUT2D eigenvalue weighted by Crippen LogP contribution is -2.43. The van der Waals surface area contributed by atoms with Crippen LogP contribution >= 0.6 is 0 Å². The third kappa shape index (κ3) is 10.7. The van der Waals surface area contributed by atoms with Crippen LogP contribution in [0.4, 0.5) is 27.1 Å². The number of carboxylic acid groups (broad SMARTS) is 1. The van der Waals surface area contributed by atoms with Crippen LogP contribution < -0.4 is 31.3 Å². The molecule has 5 aromatic carbocycles. The van der Waals surface area contributed by atoms with Crippen LogP contribution in [-0.4, -0.2) is 57.9 Å². The first-order chi connectivity index (χ1) is 28.7. The zero-order valence-corrected chi connectivity index (χ0v) is 31.8. The summed E-state index contributed by atoms with van der Waals surface area (Å²) in [4.78, 5) is 76.2. The summed E-state index contributed by atoms with van der Waals surface area (Å²) in [7, 11) is 0. The molecule has 0 fully saturated rings. The Morgan fingerprint density at radius 3 is 1.78 bits per heavy atom. The summed E-state index contributed by atoms with van der Waals surface area (Å²) < 4.78 is 20.7. The number of phenols is 1. The first-order valence-corrected chi connectivity index (χ1v) is 17.9. The fourth-order valence-corrected chi connectivity index (χ4v) is 5.45. The van der Waals surface area contributed by atoms with Crippen LogP contribution in [0.2, 0.25) is 0 Å². The molecular weight excluding hydrogens is 776 g/mol. The number of nitriles is 1. The maximum atomic E-state index is 15.0. The molecule has 60 heavy (non-hydrogen) atoms. The lowest BCUT2D eigenvalue weighted by atomic mass is 10.1. The number of carbonyl (C=O) groups is 6. The van der Waals surface area contributed by atoms with Crippen LogP contribution in [0.5, 0.6) is 11.5 Å². The molecule has 0 aliphatic heterocycles. The van der Waals surface area contributed by atoms with E-state index in [-0.39, 0.29) is 62.7 Å². The fraction of sp³-hybridized carbons (Fsp3) is 0.114. The van der Waals surface area contributed by atoms with E-state index in [0.717, 1.165) is 6.07 Å². The van der Waals surface area contributed by atoms with Crippen molar-refractivity contribution in [1.82, 2.24) is 5.32 Å². The van der Waals surface area contributed by atoms with Gasteiger partial charge in [0.25, 0.3) is 23.6 Å². The second-order valence-electron chi connectivity index (χ2n) is 13.1. The van der Waals surface area contributed by atoms with Gasteiger partial charge in [0.1, 0.15) is 11.9 Å². The van der Waals surface area contributed by atoms with Gasteiger partial charge in [0.05, 0.1) is 40.2 Å². The molecule has 0 radical (unpaired) electrons. The SMILES string of the molecule is C#CC[C@H](NC(=O)c1ccc(NC(=O)c2ccc(C#N)cc2)c(F)c1)C(=O)Nc1ccc(C(=O)Nc2ccc(C(=O)Nc3ccc(C(=O)O)cc3)c(O)c2OC(C)C)cc1. The Morgan fingerprint density at radius 1 is 0.700 bits per heavy atom. The molecule has 0 saturated carbocycles. The highest BCUT2D eigenvalue weighted by Crippen LogP contribution is 2.39. The summed E-state index contributed by atoms with van der Waals surface area (Å²) in [6, 6.07) is 23.3. The van der Waals surface area contributed by atoms with E-state index >= 15 is 0 Å². The summed E-state index contributed by atoms with van der Waals surface area (Å²) in [5.41, 5.74) is 0.669. The standard InChI is InChI=1S/C44H35FN6O9/c1-4-5-36(51-41(55)29-14-20-34(33(45)22-29)49-39(53)26-8-6-25(23-46)7-9-26)43(57)48-31-15-10-27(11-16-31)40(54)50-35-21-19-32(37(52)38(35)60-24(2)3)42(56)47-30-17-12-28(13-18-30)44(58)59/h1,6-22,24,36,52H,5H2,2-3H3,(H,47,56)(H,48,57)(H,49,53)(H,50,54)(H,51,55)(H,58,59)/t36-/m0/s1. The Kier molecular flexibility index (Phi) is 13.6. The van der Waals surface area contributed by atoms with Crippen LogP contribution in [0.25, 0.3) is 0 Å². The zero-order chi connectivity index (χ0) is 43.5. The normalized spacial score (nSPS) is 10.9. The topological polar surface area (TPSA) is 236 Å². The number of amides is 5. The van der Waals surface area contributed by atoms with Gasteiger partial charge in [-0.15, -0.1) is 12.3 Å². The molecule has 0 unspecified atom stereocenters. The number of rotatable bonds is 14. The molecule has 0 bridgehead atoms. The first-order valence-electron chi connectivity index (χ1n) is 17.9. The van der Waals surface area contributed by atoms with Gasteiger partial charge in [-0.1, -0.05) is 0 Å². The third-order valence-corrected chi connectivity index (χ3v) is 8.48. The highest BCUT2D eigenvalue weighted by atomic mass is 19.1. The van der Waals surface area contributed by atoms with Crippen LogP contribution in [-0.2, 0) is 4.79 Å². The largest absolute Gasteiger partial charge is 0.504 e. The number of ether oxygens (including phenoxy) is 1. The summed E-state index contributed by atoms with van der Waals surface area (Å²) in [6.07, 6.45) is 4.74. The van der Waals surface area contributed by atoms with E-state index < -0.39 is 59.2 Å². The number of nitrogens with one attached hydrogen (secondary N) is 5. The monoisotopic (exact) mass is 810 g/mol. The molecule has 0 spiro atoms. The Balaban J connectivity index is 1.21. The second kappa shape index (κ2) is 19.1. The van der Waals surface area contributed by atoms with Crippen molar-refractivity contribution in [1.29, 1.82) is 5.26 Å². The number of aromatic carboxylic acids is 1. The van der Waals surface area contributed by atoms with E-state index in [4.69, 9.17) is 21.5 Å². The van der Waals surface area contributed by atoms with Gasteiger partial charge < -0.3 is 41.5 Å². The van der Waals surface area contributed by atoms with Gasteiger partial charge in [0.15, 0.2) is 11.5 Å². The van der Waals surface area contributed by atoms with Crippen molar-refractivity contribution in [3.05, 3.63) is 142 Å². The molecule has 15 nitrogen and oxygen atoms in total. The molecule has 16 heteroatoms. The van der Waals surface area contributed by atoms with Crippen molar-refractivity contribution >= 4 is 58.3 Å². The molecule has 0 aliphatic carbocycles. The quantitative estimate of drug-likeness (QED) is 0.0609. The number of halogens is 1. The van der Waals surface area contributed by atoms with Gasteiger partial charge in [-0.25, -0.2) is 9.18 Å². The van der Waals surface area contributed by atoms with E-state index in [1.807, 2.05) is 6.07 Å². The summed E-state index contributed by atoms with van der Waals surface area (Å²) in [5.74, 6) is -4.01. The summed E-state index contributed by atoms with van der Waals surface area (Å²) >= 11 is 0. The summed E-state index contributed by atoms with van der Waals surface area (Å²) in [6.45, 7) is 3.35. The minimum absolute atomic E-state index is 0.0194. The van der Waals surface area contributed by atoms with Gasteiger partial charge in [-0.2, -0.15) is 5.26 Å². The number of benzene rings is 5. The Bertz CT molecular complexity index is 2560. The van der Waals surface area contributed by atoms with Gasteiger partial charge >= 0.3 is 5.97 Å². The molecule has 5 aromatic rings. The van der Waals surface area contributed by atoms with Crippen LogP contribution in [0.3, 0.4) is 0 Å². The fourth-order valence-electron chi connectivity index (χ4n) is 5.45. The second-order valence-corrected chi connectivity index (χ2v) is 13.1. The maximum Gasteiger partial charge on any atom is 0.335 e. The average Bonchev–Trinajstić information content (AvgIpc) is 3.22. The molecule has 1 atom stereocenters. The van der Waals surface area contributed by atoms with Crippen LogP contribution in [0.1, 0.15) is 77.6 Å². The van der Waals surface area contributed by atoms with E-state index in [2.05, 4.69) is 32.5 Å². The minimum Gasteiger partial charge on any atom is -0.504 e. The van der Waals surface area contributed by atoms with E-state index in [0.29, 0.717) is 5.56 Å². The number of hydrogen-bond acceptors (Lipinski definition) is 9. The van der Waals surface area contributed by atoms with Crippen LogP contribution in [0, 0.1) is 29.5 Å². The number of carboxylic acids is 1. The minimum atomic E-state index is -1.25. The van der Waals surface area contributed by atoms with E-state index in [9.17, 15) is 38.3 Å². The Hall–Kier alpha value is -8.50. The molecule has 5 rings (SSSR count). The molecule has 302 valence electrons. The highest BCUT2D eigenvalue weighted by Gasteiger charge is 2.24. The first kappa shape index (κ1) is 42.6. The third-order valence-electron chi connectivity index (χ3n) is 8.48. The summed E-state index contributed by atoms with van der Waals surface area (Å²) in [5, 5.41) is 41.8. The number of nitrogens with zero attached hydrogens (tertiary/aromatic N) is 1. The van der Waals surface area contributed by atoms with Crippen molar-refractivity contribution in [3.63, 3.8) is 0 Å². The smallest absolute Gasteiger partial charge is 0.335 e. The van der Waals surface area contributed by atoms with Gasteiger partial charge in [0, 0.05) is 34.5 Å². The molecule has 0 aliphatic rings. The van der Waals surface area contributed by atoms with E-state index in [1.54, 1.807) is 13.8 Å². The number of terminal acetylenes is 1. The Morgan fingerprint density at radius 2 is 1.23 bits per heavy atom. The number of hydrogen-bond donors (Lipinski definition) is 7. The average molecular weight is 811 g/mol. The lowest BCUT2D eigenvalue weighted by Gasteiger charge is -2.18. The van der Waals surface area contributed by atoms with Crippen molar-refractivity contribution in [2.24, 2.45) is 0 Å². The van der Waals surface area contributed by atoms with Gasteiger partial charge in [-0.3, -0.25) is 24.0 Å². The predicted octanol–water partition coefficient (Wildman–Crippen LogP) is 6.41. The van der Waals surface area contributed by atoms with Gasteiger partial charge in [0.2, 0.25) is 5.91 Å². The number of phenolic OH excluding ortho intramolecular Hbond substituents is 1. The van der Waals surface area contributed by atoms with Crippen molar-refractivity contribution < 1.29 is 48.1 Å². The predicted molar refractivity (Wildman–Crippen MR) is 218 cm³/mol. The van der Waals surface area contributed by atoms with Crippen molar-refractivity contribution in [2.75, 3.05) is 21.3 Å². The van der Waals surface area contributed by atoms with Crippen molar-refractivity contribution in [3.8, 4) is 29.9 Å². The van der Waals surface area contributed by atoms with Gasteiger partial charge in [-0.05, 0) is 117 Å². The molecule has 0 saturated heterocycles. The molecule has 0 heterocycles. The molecule has 7 N–H and O–H groups in total. The number of anilines is 4. The van der Waals surface area contributed by atoms with Crippen LogP contribution in [0.15, 0.2) is 103 Å². The lowest BCUT2D eigenvalue weighted by molar-refractivity contribution is -0.117. The maximum absolute atomic E-state index is 15.0. The highest BCUT2D eigenvalue weighted by molar-refractivity contribution is 6.10. The van der Waals surface area contributed by atoms with Crippen molar-refractivity contribution in [2.45, 2.75) is 32.4 Å². The molecule has 0 aromatic heterocycles. The molecule has 5 amide bonds. The zero-order valence-electron chi connectivity index (χ0n) is 31.8. The number of carbonyl (C=O) groups excluding carboxylic acids is 5. The Labute approximate surface area is 342 Å². The molecular formula is C44H35FN6O9. The number of aromatic hydroxyl groups is 1. The van der Waals surface area contributed by atoms with E-state index in [1.165, 1.54) is 97.1 Å².